The molecule has 4 nitrogen and oxygen atoms in total. The minimum Gasteiger partial charge on any atom is -0.463 e. The van der Waals surface area contributed by atoms with Gasteiger partial charge in [0.15, 0.2) is 0 Å². The fourth-order valence-corrected chi connectivity index (χ4v) is 1.06. The summed E-state index contributed by atoms with van der Waals surface area (Å²) in [5.41, 5.74) is 0.694. The molecule has 0 saturated carbocycles. The van der Waals surface area contributed by atoms with Gasteiger partial charge in [-0.05, 0) is 6.07 Å². The summed E-state index contributed by atoms with van der Waals surface area (Å²) >= 11 is 0. The first kappa shape index (κ1) is 6.84. The molecule has 0 radical (unpaired) electrons. The fourth-order valence-electron chi connectivity index (χ4n) is 1.06. The Morgan fingerprint density at radius 3 is 2.83 bits per heavy atom. The molecule has 1 aromatic heterocycles. The zero-order valence-corrected chi connectivity index (χ0v) is 6.14. The number of carbonyl (C=O) groups is 1. The first-order valence-electron chi connectivity index (χ1n) is 3.45. The summed E-state index contributed by atoms with van der Waals surface area (Å²) in [6, 6.07) is 7.26. The summed E-state index contributed by atoms with van der Waals surface area (Å²) in [5.74, 6) is 0. The molecule has 0 aliphatic heterocycles. The van der Waals surface area contributed by atoms with Crippen LogP contribution in [0.2, 0.25) is 0 Å². The first-order chi connectivity index (χ1) is 5.77. The summed E-state index contributed by atoms with van der Waals surface area (Å²) in [6.45, 7) is 0. The minimum absolute atomic E-state index is 0.694. The largest absolute Gasteiger partial charge is 0.463 e. The van der Waals surface area contributed by atoms with Crippen molar-refractivity contribution in [2.75, 3.05) is 0 Å². The highest BCUT2D eigenvalue weighted by Gasteiger charge is 2.03. The van der Waals surface area contributed by atoms with Crippen LogP contribution in [0.15, 0.2) is 30.5 Å². The van der Waals surface area contributed by atoms with E-state index in [4.69, 9.17) is 5.11 Å². The summed E-state index contributed by atoms with van der Waals surface area (Å²) in [4.78, 5) is 10.5. The van der Waals surface area contributed by atoms with Crippen LogP contribution in [0.1, 0.15) is 0 Å². The molecule has 1 heterocycles. The Morgan fingerprint density at radius 1 is 1.42 bits per heavy atom. The maximum atomic E-state index is 10.5. The van der Waals surface area contributed by atoms with Crippen molar-refractivity contribution in [3.05, 3.63) is 30.5 Å². The van der Waals surface area contributed by atoms with Gasteiger partial charge in [-0.2, -0.15) is 9.78 Å². The van der Waals surface area contributed by atoms with Crippen LogP contribution in [-0.2, 0) is 0 Å². The van der Waals surface area contributed by atoms with E-state index < -0.39 is 6.09 Å². The van der Waals surface area contributed by atoms with Crippen LogP contribution < -0.4 is 0 Å². The topological polar surface area (TPSA) is 55.1 Å². The van der Waals surface area contributed by atoms with Crippen molar-refractivity contribution in [2.45, 2.75) is 0 Å². The third-order valence-electron chi connectivity index (χ3n) is 1.61. The van der Waals surface area contributed by atoms with Crippen LogP contribution in [0.3, 0.4) is 0 Å². The Kier molecular flexibility index (Phi) is 1.33. The maximum absolute atomic E-state index is 10.5. The molecule has 0 amide bonds. The van der Waals surface area contributed by atoms with E-state index in [-0.39, 0.29) is 0 Å². The summed E-state index contributed by atoms with van der Waals surface area (Å²) in [6.07, 6.45) is 0.420. The Bertz CT molecular complexity index is 400. The van der Waals surface area contributed by atoms with E-state index in [1.165, 1.54) is 6.20 Å². The number of nitrogens with zero attached hydrogens (tertiary/aromatic N) is 2. The second-order valence-electron chi connectivity index (χ2n) is 2.42. The molecule has 0 unspecified atom stereocenters. The molecule has 1 aromatic carbocycles. The molecule has 0 bridgehead atoms. The Morgan fingerprint density at radius 2 is 2.17 bits per heavy atom. The second-order valence-corrected chi connectivity index (χ2v) is 2.42. The van der Waals surface area contributed by atoms with E-state index in [0.29, 0.717) is 5.52 Å². The summed E-state index contributed by atoms with van der Waals surface area (Å²) in [7, 11) is 0. The van der Waals surface area contributed by atoms with Gasteiger partial charge < -0.3 is 5.11 Å². The zero-order valence-electron chi connectivity index (χ0n) is 6.14. The van der Waals surface area contributed by atoms with Gasteiger partial charge in [0.25, 0.3) is 0 Å². The number of rotatable bonds is 0. The third kappa shape index (κ3) is 0.934. The lowest BCUT2D eigenvalue weighted by molar-refractivity contribution is 0.193. The molecule has 4 heteroatoms. The Labute approximate surface area is 68.0 Å². The van der Waals surface area contributed by atoms with Gasteiger partial charge in [0.2, 0.25) is 0 Å². The second kappa shape index (κ2) is 2.34. The Hall–Kier alpha value is -1.84. The summed E-state index contributed by atoms with van der Waals surface area (Å²) in [5, 5.41) is 13.2. The molecule has 2 aromatic rings. The molecular formula is C8H6N2O2. The summed E-state index contributed by atoms with van der Waals surface area (Å²) < 4.78 is 0.907. The molecule has 1 N–H and O–H groups in total. The predicted octanol–water partition coefficient (Wildman–Crippen LogP) is 1.56. The number of benzene rings is 1. The average molecular weight is 162 g/mol. The van der Waals surface area contributed by atoms with Crippen LogP contribution in [-0.4, -0.2) is 21.0 Å². The molecule has 60 valence electrons. The van der Waals surface area contributed by atoms with Gasteiger partial charge in [0.1, 0.15) is 0 Å². The number of aromatic nitrogens is 2. The zero-order chi connectivity index (χ0) is 8.55. The van der Waals surface area contributed by atoms with Crippen molar-refractivity contribution in [1.29, 1.82) is 0 Å². The molecule has 0 atom stereocenters. The fraction of sp³-hybridized carbons (Fsp3) is 0. The minimum atomic E-state index is -1.06. The average Bonchev–Trinajstić information content (AvgIpc) is 2.46. The van der Waals surface area contributed by atoms with Crippen molar-refractivity contribution in [3.63, 3.8) is 0 Å². The van der Waals surface area contributed by atoms with Crippen molar-refractivity contribution < 1.29 is 9.90 Å². The normalized spacial score (nSPS) is 10.3. The molecular weight excluding hydrogens is 156 g/mol. The third-order valence-corrected chi connectivity index (χ3v) is 1.61. The van der Waals surface area contributed by atoms with E-state index >= 15 is 0 Å². The quantitative estimate of drug-likeness (QED) is 0.639. The molecule has 0 saturated heterocycles. The van der Waals surface area contributed by atoms with Gasteiger partial charge in [-0.25, -0.2) is 4.79 Å². The van der Waals surface area contributed by atoms with Crippen molar-refractivity contribution in [1.82, 2.24) is 9.78 Å². The highest BCUT2D eigenvalue weighted by atomic mass is 16.4. The maximum Gasteiger partial charge on any atom is 0.432 e. The highest BCUT2D eigenvalue weighted by Crippen LogP contribution is 2.09. The van der Waals surface area contributed by atoms with Gasteiger partial charge in [0.05, 0.1) is 5.52 Å². The van der Waals surface area contributed by atoms with E-state index in [2.05, 4.69) is 5.10 Å². The monoisotopic (exact) mass is 162 g/mol. The van der Waals surface area contributed by atoms with E-state index in [0.717, 1.165) is 10.1 Å². The van der Waals surface area contributed by atoms with Crippen LogP contribution in [0.25, 0.3) is 10.9 Å². The van der Waals surface area contributed by atoms with Gasteiger partial charge >= 0.3 is 6.09 Å². The molecule has 0 fully saturated rings. The van der Waals surface area contributed by atoms with Crippen LogP contribution >= 0.6 is 0 Å². The van der Waals surface area contributed by atoms with Crippen molar-refractivity contribution in [2.24, 2.45) is 0 Å². The molecule has 0 aliphatic carbocycles. The van der Waals surface area contributed by atoms with Crippen molar-refractivity contribution >= 4 is 17.0 Å². The predicted molar refractivity (Wildman–Crippen MR) is 43.2 cm³/mol. The van der Waals surface area contributed by atoms with Gasteiger partial charge in [0, 0.05) is 11.6 Å². The molecule has 0 aliphatic rings. The van der Waals surface area contributed by atoms with Crippen LogP contribution in [0.4, 0.5) is 4.79 Å². The lowest BCUT2D eigenvalue weighted by atomic mass is 10.3. The lowest BCUT2D eigenvalue weighted by Gasteiger charge is -1.85. The number of hydrogen-bond acceptors (Lipinski definition) is 2. The van der Waals surface area contributed by atoms with Crippen LogP contribution in [0, 0.1) is 0 Å². The van der Waals surface area contributed by atoms with E-state index in [1.807, 2.05) is 18.2 Å². The number of hydrogen-bond donors (Lipinski definition) is 1. The van der Waals surface area contributed by atoms with Crippen LogP contribution in [0.5, 0.6) is 0 Å². The molecule has 0 spiro atoms. The van der Waals surface area contributed by atoms with Gasteiger partial charge in [-0.1, -0.05) is 18.2 Å². The van der Waals surface area contributed by atoms with Gasteiger partial charge in [-0.15, -0.1) is 0 Å². The highest BCUT2D eigenvalue weighted by molar-refractivity contribution is 5.81. The lowest BCUT2D eigenvalue weighted by Crippen LogP contribution is -2.07. The first-order valence-corrected chi connectivity index (χ1v) is 3.45. The molecule has 12 heavy (non-hydrogen) atoms. The number of fused-ring (bicyclic) bond motifs is 1. The standard InChI is InChI=1S/C8H6N2O2/c11-8(12)10-5-6-3-1-2-4-7(6)9-10/h1-5H,(H,11,12). The number of carboxylic acid groups (broad SMARTS) is 1. The van der Waals surface area contributed by atoms with E-state index in [1.54, 1.807) is 6.07 Å². The molecule has 2 rings (SSSR count). The van der Waals surface area contributed by atoms with Crippen molar-refractivity contribution in [3.8, 4) is 0 Å². The van der Waals surface area contributed by atoms with Gasteiger partial charge in [-0.3, -0.25) is 0 Å². The Balaban J connectivity index is 2.70. The SMILES string of the molecule is O=C(O)n1cc2ccccc2n1. The van der Waals surface area contributed by atoms with E-state index in [9.17, 15) is 4.79 Å². The smallest absolute Gasteiger partial charge is 0.432 e.